The Morgan fingerprint density at radius 2 is 2.05 bits per heavy atom. The van der Waals surface area contributed by atoms with Gasteiger partial charge in [0.1, 0.15) is 0 Å². The predicted octanol–water partition coefficient (Wildman–Crippen LogP) is 2.28. The van der Waals surface area contributed by atoms with Gasteiger partial charge in [-0.15, -0.1) is 0 Å². The lowest BCUT2D eigenvalue weighted by atomic mass is 10.2. The van der Waals surface area contributed by atoms with Crippen molar-refractivity contribution in [2.24, 2.45) is 0 Å². The van der Waals surface area contributed by atoms with Crippen LogP contribution in [0.2, 0.25) is 0 Å². The highest BCUT2D eigenvalue weighted by molar-refractivity contribution is 7.89. The summed E-state index contributed by atoms with van der Waals surface area (Å²) in [6.07, 6.45) is 5.32. The molecule has 21 heavy (non-hydrogen) atoms. The van der Waals surface area contributed by atoms with Crippen molar-refractivity contribution in [3.63, 3.8) is 0 Å². The molecule has 0 radical (unpaired) electrons. The molecule has 5 heteroatoms. The first-order chi connectivity index (χ1) is 10.1. The van der Waals surface area contributed by atoms with Crippen molar-refractivity contribution in [3.05, 3.63) is 41.5 Å². The Morgan fingerprint density at radius 3 is 2.76 bits per heavy atom. The molecule has 4 nitrogen and oxygen atoms in total. The molecule has 0 bridgehead atoms. The van der Waals surface area contributed by atoms with Crippen molar-refractivity contribution in [1.29, 1.82) is 0 Å². The van der Waals surface area contributed by atoms with Crippen LogP contribution in [0.25, 0.3) is 0 Å². The van der Waals surface area contributed by atoms with Crippen molar-refractivity contribution in [2.45, 2.75) is 43.7 Å². The largest absolute Gasteiger partial charge is 0.310 e. The first-order valence-electron chi connectivity index (χ1n) is 7.54. The Labute approximate surface area is 126 Å². The second-order valence-corrected chi connectivity index (χ2v) is 7.85. The highest BCUT2D eigenvalue weighted by Crippen LogP contribution is 2.25. The summed E-state index contributed by atoms with van der Waals surface area (Å²) < 4.78 is 27.4. The van der Waals surface area contributed by atoms with Crippen molar-refractivity contribution < 1.29 is 8.42 Å². The second-order valence-electron chi connectivity index (χ2n) is 5.94. The maximum Gasteiger partial charge on any atom is 0.243 e. The predicted molar refractivity (Wildman–Crippen MR) is 83.4 cm³/mol. The summed E-state index contributed by atoms with van der Waals surface area (Å²) >= 11 is 0. The topological polar surface area (TPSA) is 49.4 Å². The van der Waals surface area contributed by atoms with E-state index in [-0.39, 0.29) is 0 Å². The van der Waals surface area contributed by atoms with Crippen LogP contribution in [0.1, 0.15) is 31.7 Å². The molecule has 1 N–H and O–H groups in total. The van der Waals surface area contributed by atoms with E-state index >= 15 is 0 Å². The average Bonchev–Trinajstić information content (AvgIpc) is 3.29. The number of nitrogens with zero attached hydrogens (tertiary/aromatic N) is 1. The molecule has 0 atom stereocenters. The fourth-order valence-corrected chi connectivity index (χ4v) is 4.38. The van der Waals surface area contributed by atoms with Crippen molar-refractivity contribution in [2.75, 3.05) is 13.1 Å². The molecular formula is C16H22N2O2S. The molecule has 1 aromatic rings. The summed E-state index contributed by atoms with van der Waals surface area (Å²) in [4.78, 5) is 0.452. The lowest BCUT2D eigenvalue weighted by molar-refractivity contribution is 0.427. The molecule has 0 aromatic heterocycles. The number of hydrogen-bond donors (Lipinski definition) is 1. The van der Waals surface area contributed by atoms with E-state index in [1.165, 1.54) is 12.8 Å². The van der Waals surface area contributed by atoms with E-state index in [1.54, 1.807) is 16.4 Å². The first-order valence-corrected chi connectivity index (χ1v) is 8.98. The van der Waals surface area contributed by atoms with Gasteiger partial charge in [0.05, 0.1) is 4.90 Å². The highest BCUT2D eigenvalue weighted by atomic mass is 32.2. The third kappa shape index (κ3) is 3.36. The normalized spacial score (nSPS) is 20.3. The van der Waals surface area contributed by atoms with E-state index in [4.69, 9.17) is 0 Å². The van der Waals surface area contributed by atoms with Crippen LogP contribution in [0.5, 0.6) is 0 Å². The zero-order chi connectivity index (χ0) is 14.9. The Kier molecular flexibility index (Phi) is 4.15. The van der Waals surface area contributed by atoms with Gasteiger partial charge in [0.15, 0.2) is 0 Å². The summed E-state index contributed by atoms with van der Waals surface area (Å²) in [5.74, 6) is 0. The van der Waals surface area contributed by atoms with Gasteiger partial charge in [-0.05, 0) is 37.8 Å². The van der Waals surface area contributed by atoms with E-state index in [0.717, 1.165) is 17.6 Å². The fourth-order valence-electron chi connectivity index (χ4n) is 2.66. The van der Waals surface area contributed by atoms with Crippen LogP contribution in [0.3, 0.4) is 0 Å². The van der Waals surface area contributed by atoms with Crippen LogP contribution in [0, 0.1) is 0 Å². The fraction of sp³-hybridized carbons (Fsp3) is 0.500. The van der Waals surface area contributed by atoms with Gasteiger partial charge in [-0.2, -0.15) is 4.31 Å². The molecule has 1 saturated carbocycles. The Bertz CT molecular complexity index is 648. The number of nitrogens with one attached hydrogen (secondary N) is 1. The summed E-state index contributed by atoms with van der Waals surface area (Å²) in [6, 6.07) is 7.92. The third-order valence-corrected chi connectivity index (χ3v) is 5.99. The van der Waals surface area contributed by atoms with Crippen LogP contribution >= 0.6 is 0 Å². The van der Waals surface area contributed by atoms with E-state index in [2.05, 4.69) is 11.4 Å². The summed E-state index contributed by atoms with van der Waals surface area (Å²) in [5, 5.41) is 3.40. The lowest BCUT2D eigenvalue weighted by Gasteiger charge is -2.26. The molecule has 0 amide bonds. The van der Waals surface area contributed by atoms with Gasteiger partial charge in [0, 0.05) is 25.7 Å². The monoisotopic (exact) mass is 306 g/mol. The van der Waals surface area contributed by atoms with Gasteiger partial charge < -0.3 is 5.32 Å². The molecule has 114 valence electrons. The number of sulfonamides is 1. The molecule has 1 aliphatic heterocycles. The van der Waals surface area contributed by atoms with Crippen LogP contribution in [0.4, 0.5) is 0 Å². The van der Waals surface area contributed by atoms with Gasteiger partial charge >= 0.3 is 0 Å². The zero-order valence-corrected chi connectivity index (χ0v) is 13.2. The standard InChI is InChI=1S/C16H22N2O2S/c1-13-5-4-10-18(12-13)21(19,20)16-7-3-2-6-14(16)11-17-15-8-9-15/h2-3,5-7,15,17H,4,8-12H2,1H3. The van der Waals surface area contributed by atoms with Crippen LogP contribution in [0.15, 0.2) is 40.8 Å². The lowest BCUT2D eigenvalue weighted by Crippen LogP contribution is -2.36. The Balaban J connectivity index is 1.85. The molecule has 3 rings (SSSR count). The van der Waals surface area contributed by atoms with Gasteiger partial charge in [-0.25, -0.2) is 8.42 Å². The minimum absolute atomic E-state index is 0.452. The van der Waals surface area contributed by atoms with E-state index < -0.39 is 10.0 Å². The molecule has 1 fully saturated rings. The van der Waals surface area contributed by atoms with Gasteiger partial charge in [-0.1, -0.05) is 29.8 Å². The highest BCUT2D eigenvalue weighted by Gasteiger charge is 2.28. The molecule has 2 aliphatic rings. The van der Waals surface area contributed by atoms with Crippen LogP contribution in [-0.2, 0) is 16.6 Å². The SMILES string of the molecule is CC1=CCCN(S(=O)(=O)c2ccccc2CNC2CC2)C1. The maximum absolute atomic E-state index is 12.9. The van der Waals surface area contributed by atoms with E-state index in [1.807, 2.05) is 19.1 Å². The van der Waals surface area contributed by atoms with Crippen molar-refractivity contribution >= 4 is 10.0 Å². The van der Waals surface area contributed by atoms with Gasteiger partial charge in [0.2, 0.25) is 10.0 Å². The zero-order valence-electron chi connectivity index (χ0n) is 12.4. The minimum atomic E-state index is -3.40. The molecule has 1 aromatic carbocycles. The Hall–Kier alpha value is -1.17. The quantitative estimate of drug-likeness (QED) is 0.849. The molecule has 1 heterocycles. The number of rotatable bonds is 5. The second kappa shape index (κ2) is 5.91. The van der Waals surface area contributed by atoms with Gasteiger partial charge in [0.25, 0.3) is 0 Å². The van der Waals surface area contributed by atoms with Crippen LogP contribution in [-0.4, -0.2) is 31.9 Å². The maximum atomic E-state index is 12.9. The molecule has 0 unspecified atom stereocenters. The minimum Gasteiger partial charge on any atom is -0.310 e. The smallest absolute Gasteiger partial charge is 0.243 e. The summed E-state index contributed by atoms with van der Waals surface area (Å²) in [5.41, 5.74) is 2.00. The van der Waals surface area contributed by atoms with Crippen molar-refractivity contribution in [1.82, 2.24) is 9.62 Å². The molecule has 1 aliphatic carbocycles. The number of benzene rings is 1. The summed E-state index contributed by atoms with van der Waals surface area (Å²) in [7, 11) is -3.40. The van der Waals surface area contributed by atoms with Crippen molar-refractivity contribution in [3.8, 4) is 0 Å². The van der Waals surface area contributed by atoms with E-state index in [9.17, 15) is 8.42 Å². The molecule has 0 spiro atoms. The molecule has 0 saturated heterocycles. The first kappa shape index (κ1) is 14.8. The van der Waals surface area contributed by atoms with E-state index in [0.29, 0.717) is 30.6 Å². The number of hydrogen-bond acceptors (Lipinski definition) is 3. The summed E-state index contributed by atoms with van der Waals surface area (Å²) in [6.45, 7) is 3.70. The average molecular weight is 306 g/mol. The van der Waals surface area contributed by atoms with Gasteiger partial charge in [-0.3, -0.25) is 0 Å². The molecular weight excluding hydrogens is 284 g/mol. The Morgan fingerprint density at radius 1 is 1.29 bits per heavy atom. The van der Waals surface area contributed by atoms with Crippen LogP contribution < -0.4 is 5.32 Å². The third-order valence-electron chi connectivity index (χ3n) is 4.05.